The van der Waals surface area contributed by atoms with Gasteiger partial charge in [0.2, 0.25) is 6.79 Å². The smallest absolute Gasteiger partial charge is 0.330 e. The molecule has 0 spiro atoms. The van der Waals surface area contributed by atoms with Gasteiger partial charge in [0, 0.05) is 17.7 Å². The maximum Gasteiger partial charge on any atom is 0.330 e. The molecule has 0 aliphatic heterocycles. The molecule has 0 aliphatic carbocycles. The topological polar surface area (TPSA) is 71.1 Å². The Labute approximate surface area is 116 Å². The Morgan fingerprint density at radius 2 is 2.15 bits per heavy atom. The number of esters is 1. The van der Waals surface area contributed by atoms with Crippen LogP contribution in [0.15, 0.2) is 30.5 Å². The summed E-state index contributed by atoms with van der Waals surface area (Å²) in [4.78, 5) is 21.0. The summed E-state index contributed by atoms with van der Waals surface area (Å²) in [5.74, 6) is 2.00. The van der Waals surface area contributed by atoms with Gasteiger partial charge in [-0.15, -0.1) is 0 Å². The Morgan fingerprint density at radius 1 is 1.35 bits per heavy atom. The van der Waals surface area contributed by atoms with E-state index >= 15 is 0 Å². The van der Waals surface area contributed by atoms with E-state index in [1.807, 2.05) is 0 Å². The first-order valence-electron chi connectivity index (χ1n) is 5.59. The normalized spacial score (nSPS) is 9.70. The molecule has 1 rings (SSSR count). The van der Waals surface area contributed by atoms with Crippen LogP contribution in [0.2, 0.25) is 0 Å². The first-order chi connectivity index (χ1) is 9.71. The van der Waals surface area contributed by atoms with E-state index in [2.05, 4.69) is 4.74 Å². The highest BCUT2D eigenvalue weighted by atomic mass is 16.7. The molecule has 1 aromatic rings. The van der Waals surface area contributed by atoms with E-state index in [1.54, 1.807) is 18.2 Å². The minimum absolute atomic E-state index is 0.165. The van der Waals surface area contributed by atoms with E-state index in [9.17, 15) is 9.59 Å². The van der Waals surface area contributed by atoms with Crippen LogP contribution in [0, 0.1) is 0 Å². The van der Waals surface area contributed by atoms with Crippen molar-refractivity contribution in [2.75, 3.05) is 21.0 Å². The molecule has 106 valence electrons. The molecular formula is C14H14O6. The molecule has 20 heavy (non-hydrogen) atoms. The second-order valence-electron chi connectivity index (χ2n) is 3.42. The second-order valence-corrected chi connectivity index (χ2v) is 3.42. The molecule has 0 fully saturated rings. The lowest BCUT2D eigenvalue weighted by atomic mass is 10.2. The molecule has 6 heteroatoms. The molecule has 0 radical (unpaired) electrons. The third-order valence-corrected chi connectivity index (χ3v) is 2.23. The summed E-state index contributed by atoms with van der Waals surface area (Å²) in [5, 5.41) is 0. The van der Waals surface area contributed by atoms with Crippen LogP contribution >= 0.6 is 0 Å². The number of carbonyl (C=O) groups excluding carboxylic acids is 2. The zero-order valence-corrected chi connectivity index (χ0v) is 11.1. The predicted octanol–water partition coefficient (Wildman–Crippen LogP) is 1.58. The summed E-state index contributed by atoms with van der Waals surface area (Å²) in [6.07, 6.45) is 3.65. The fourth-order valence-electron chi connectivity index (χ4n) is 1.30. The van der Waals surface area contributed by atoms with Crippen LogP contribution in [-0.4, -0.2) is 32.9 Å². The Balaban J connectivity index is 2.88. The van der Waals surface area contributed by atoms with Gasteiger partial charge in [-0.25, -0.2) is 9.59 Å². The third kappa shape index (κ3) is 4.88. The summed E-state index contributed by atoms with van der Waals surface area (Å²) < 4.78 is 19.6. The van der Waals surface area contributed by atoms with Gasteiger partial charge in [0.05, 0.1) is 14.2 Å². The number of ether oxygens (including phenoxy) is 4. The lowest BCUT2D eigenvalue weighted by Crippen LogP contribution is -2.01. The fraction of sp³-hybridized carbons (Fsp3) is 0.214. The van der Waals surface area contributed by atoms with Gasteiger partial charge >= 0.3 is 5.97 Å². The maximum atomic E-state index is 11.1. The summed E-state index contributed by atoms with van der Waals surface area (Å²) in [7, 11) is 2.81. The molecule has 0 atom stereocenters. The summed E-state index contributed by atoms with van der Waals surface area (Å²) in [6.45, 7) is -0.165. The van der Waals surface area contributed by atoms with Crippen LogP contribution in [0.5, 0.6) is 11.5 Å². The number of carbonyl (C=O) groups is 1. The number of hydrogen-bond donors (Lipinski definition) is 0. The Kier molecular flexibility index (Phi) is 6.44. The van der Waals surface area contributed by atoms with Gasteiger partial charge in [0.15, 0.2) is 12.2 Å². The third-order valence-electron chi connectivity index (χ3n) is 2.23. The lowest BCUT2D eigenvalue weighted by Gasteiger charge is -2.10. The van der Waals surface area contributed by atoms with Crippen LogP contribution in [0.3, 0.4) is 0 Å². The molecule has 0 saturated heterocycles. The molecule has 0 saturated carbocycles. The van der Waals surface area contributed by atoms with Gasteiger partial charge in [-0.1, -0.05) is 0 Å². The molecule has 0 bridgehead atoms. The van der Waals surface area contributed by atoms with E-state index in [-0.39, 0.29) is 6.79 Å². The van der Waals surface area contributed by atoms with E-state index in [0.29, 0.717) is 17.1 Å². The van der Waals surface area contributed by atoms with Crippen molar-refractivity contribution in [1.29, 1.82) is 0 Å². The minimum atomic E-state index is -0.480. The molecule has 0 aromatic heterocycles. The molecule has 0 aliphatic rings. The fourth-order valence-corrected chi connectivity index (χ4v) is 1.30. The molecular weight excluding hydrogens is 264 g/mol. The molecule has 0 unspecified atom stereocenters. The largest absolute Gasteiger partial charge is 0.497 e. The summed E-state index contributed by atoms with van der Waals surface area (Å²) in [5.41, 5.74) is 0.634. The first kappa shape index (κ1) is 15.3. The SMILES string of the molecule is COC(=O)/C=C/c1ccc(OC)cc1OCOC=C=O. The van der Waals surface area contributed by atoms with Gasteiger partial charge in [0.25, 0.3) is 0 Å². The average Bonchev–Trinajstić information content (AvgIpc) is 2.49. The zero-order valence-electron chi connectivity index (χ0n) is 11.1. The van der Waals surface area contributed by atoms with Gasteiger partial charge < -0.3 is 18.9 Å². The van der Waals surface area contributed by atoms with Crippen molar-refractivity contribution in [3.05, 3.63) is 36.1 Å². The van der Waals surface area contributed by atoms with E-state index in [4.69, 9.17) is 14.2 Å². The van der Waals surface area contributed by atoms with Crippen molar-refractivity contribution >= 4 is 18.0 Å². The highest BCUT2D eigenvalue weighted by Gasteiger charge is 2.04. The number of hydrogen-bond acceptors (Lipinski definition) is 6. The Hall–Kier alpha value is -2.72. The van der Waals surface area contributed by atoms with Gasteiger partial charge in [-0.05, 0) is 18.2 Å². The quantitative estimate of drug-likeness (QED) is 0.188. The Bertz CT molecular complexity index is 528. The monoisotopic (exact) mass is 278 g/mol. The zero-order chi connectivity index (χ0) is 14.8. The van der Waals surface area contributed by atoms with E-state index < -0.39 is 5.97 Å². The number of benzene rings is 1. The van der Waals surface area contributed by atoms with Gasteiger partial charge in [0.1, 0.15) is 11.5 Å². The number of methoxy groups -OCH3 is 2. The van der Waals surface area contributed by atoms with E-state index in [1.165, 1.54) is 32.3 Å². The van der Waals surface area contributed by atoms with Crippen molar-refractivity contribution in [3.8, 4) is 11.5 Å². The van der Waals surface area contributed by atoms with Crippen LogP contribution in [0.1, 0.15) is 5.56 Å². The van der Waals surface area contributed by atoms with Crippen LogP contribution in [0.4, 0.5) is 0 Å². The average molecular weight is 278 g/mol. The molecule has 0 N–H and O–H groups in total. The maximum absolute atomic E-state index is 11.1. The van der Waals surface area contributed by atoms with Crippen molar-refractivity contribution in [1.82, 2.24) is 0 Å². The van der Waals surface area contributed by atoms with Crippen molar-refractivity contribution in [2.45, 2.75) is 0 Å². The predicted molar refractivity (Wildman–Crippen MR) is 70.9 cm³/mol. The molecule has 0 heterocycles. The number of rotatable bonds is 7. The highest BCUT2D eigenvalue weighted by Crippen LogP contribution is 2.26. The second kappa shape index (κ2) is 8.39. The first-order valence-corrected chi connectivity index (χ1v) is 5.59. The highest BCUT2D eigenvalue weighted by molar-refractivity contribution is 5.87. The molecule has 1 aromatic carbocycles. The van der Waals surface area contributed by atoms with Crippen LogP contribution in [0.25, 0.3) is 6.08 Å². The lowest BCUT2D eigenvalue weighted by molar-refractivity contribution is -0.134. The van der Waals surface area contributed by atoms with Crippen LogP contribution in [-0.2, 0) is 19.1 Å². The van der Waals surface area contributed by atoms with Crippen molar-refractivity contribution < 1.29 is 28.5 Å². The minimum Gasteiger partial charge on any atom is -0.497 e. The molecule has 0 amide bonds. The Morgan fingerprint density at radius 3 is 2.80 bits per heavy atom. The van der Waals surface area contributed by atoms with Gasteiger partial charge in [-0.3, -0.25) is 0 Å². The molecule has 6 nitrogen and oxygen atoms in total. The van der Waals surface area contributed by atoms with Gasteiger partial charge in [-0.2, -0.15) is 0 Å². The van der Waals surface area contributed by atoms with E-state index in [0.717, 1.165) is 6.26 Å². The standard InChI is InChI=1S/C14H14O6/c1-17-12-5-3-11(4-6-14(16)18-2)13(9-12)20-10-19-8-7-15/h3-6,8-9H,10H2,1-2H3/b6-4+. The van der Waals surface area contributed by atoms with Crippen molar-refractivity contribution in [2.24, 2.45) is 0 Å². The van der Waals surface area contributed by atoms with Crippen molar-refractivity contribution in [3.63, 3.8) is 0 Å². The summed E-state index contributed by atoms with van der Waals surface area (Å²) >= 11 is 0. The summed E-state index contributed by atoms with van der Waals surface area (Å²) in [6, 6.07) is 5.06. The van der Waals surface area contributed by atoms with Crippen LogP contribution < -0.4 is 9.47 Å².